The lowest BCUT2D eigenvalue weighted by Gasteiger charge is -2.10. The van der Waals surface area contributed by atoms with Crippen LogP contribution in [0.2, 0.25) is 5.02 Å². The Bertz CT molecular complexity index is 1400. The molecule has 0 fully saturated rings. The van der Waals surface area contributed by atoms with E-state index in [2.05, 4.69) is 10.3 Å². The SMILES string of the molecule is CCCOc1ccc(S(=O)(=O)c2ccc(CNC(=O)c3ccc4nccn4c3)cc2)cc1Cl. The molecule has 2 aromatic carbocycles. The summed E-state index contributed by atoms with van der Waals surface area (Å²) in [5, 5.41) is 3.09. The average Bonchev–Trinajstić information content (AvgIpc) is 3.30. The summed E-state index contributed by atoms with van der Waals surface area (Å²) >= 11 is 6.20. The summed E-state index contributed by atoms with van der Waals surface area (Å²) in [6, 6.07) is 14.3. The van der Waals surface area contributed by atoms with Gasteiger partial charge in [0.05, 0.1) is 27.0 Å². The minimum Gasteiger partial charge on any atom is -0.492 e. The van der Waals surface area contributed by atoms with E-state index in [4.69, 9.17) is 16.3 Å². The topological polar surface area (TPSA) is 89.8 Å². The molecule has 1 N–H and O–H groups in total. The van der Waals surface area contributed by atoms with Crippen LogP contribution < -0.4 is 10.1 Å². The summed E-state index contributed by atoms with van der Waals surface area (Å²) < 4.78 is 33.2. The van der Waals surface area contributed by atoms with Gasteiger partial charge in [-0.25, -0.2) is 13.4 Å². The predicted octanol–water partition coefficient (Wildman–Crippen LogP) is 4.54. The first-order valence-corrected chi connectivity index (χ1v) is 12.2. The quantitative estimate of drug-likeness (QED) is 0.397. The van der Waals surface area contributed by atoms with Crippen LogP contribution >= 0.6 is 11.6 Å². The fourth-order valence-corrected chi connectivity index (χ4v) is 4.83. The van der Waals surface area contributed by atoms with Crippen LogP contribution in [0.25, 0.3) is 5.65 Å². The van der Waals surface area contributed by atoms with E-state index >= 15 is 0 Å². The fourth-order valence-electron chi connectivity index (χ4n) is 3.24. The molecule has 4 aromatic rings. The van der Waals surface area contributed by atoms with E-state index in [1.54, 1.807) is 53.3 Å². The second-order valence-electron chi connectivity index (χ2n) is 7.38. The number of hydrogen-bond donors (Lipinski definition) is 1. The standard InChI is InChI=1S/C24H22ClN3O4S/c1-2-13-32-22-9-8-20(14-21(22)25)33(30,31)19-6-3-17(4-7-19)15-27-24(29)18-5-10-23-26-11-12-28(23)16-18/h3-12,14,16H,2,13,15H2,1H3,(H,27,29). The van der Waals surface area contributed by atoms with Crippen LogP contribution in [0.15, 0.2) is 83.0 Å². The van der Waals surface area contributed by atoms with E-state index in [1.165, 1.54) is 24.3 Å². The molecule has 7 nitrogen and oxygen atoms in total. The second-order valence-corrected chi connectivity index (χ2v) is 9.74. The van der Waals surface area contributed by atoms with Crippen molar-refractivity contribution in [2.45, 2.75) is 29.7 Å². The maximum atomic E-state index is 13.0. The lowest BCUT2D eigenvalue weighted by Crippen LogP contribution is -2.23. The lowest BCUT2D eigenvalue weighted by molar-refractivity contribution is 0.0950. The minimum atomic E-state index is -3.74. The Balaban J connectivity index is 1.43. The third-order valence-corrected chi connectivity index (χ3v) is 7.08. The average molecular weight is 484 g/mol. The molecule has 2 aromatic heterocycles. The molecule has 0 aliphatic carbocycles. The van der Waals surface area contributed by atoms with Gasteiger partial charge in [0, 0.05) is 25.1 Å². The van der Waals surface area contributed by atoms with Crippen molar-refractivity contribution in [3.05, 3.63) is 89.3 Å². The summed E-state index contributed by atoms with van der Waals surface area (Å²) in [6.07, 6.45) is 5.96. The zero-order valence-corrected chi connectivity index (χ0v) is 19.4. The Kier molecular flexibility index (Phi) is 6.67. The van der Waals surface area contributed by atoms with Crippen LogP contribution in [-0.4, -0.2) is 30.3 Å². The summed E-state index contributed by atoms with van der Waals surface area (Å²) in [5.41, 5.74) is 2.03. The van der Waals surface area contributed by atoms with Crippen molar-refractivity contribution >= 4 is 33.0 Å². The summed E-state index contributed by atoms with van der Waals surface area (Å²) in [4.78, 5) is 16.8. The molecule has 0 atom stereocenters. The van der Waals surface area contributed by atoms with Crippen LogP contribution in [0.5, 0.6) is 5.75 Å². The highest BCUT2D eigenvalue weighted by atomic mass is 35.5. The number of imidazole rings is 1. The maximum Gasteiger partial charge on any atom is 0.253 e. The number of sulfone groups is 1. The van der Waals surface area contributed by atoms with E-state index in [0.29, 0.717) is 17.9 Å². The van der Waals surface area contributed by atoms with Crippen LogP contribution in [0.1, 0.15) is 29.3 Å². The van der Waals surface area contributed by atoms with E-state index in [0.717, 1.165) is 17.6 Å². The highest BCUT2D eigenvalue weighted by molar-refractivity contribution is 7.91. The Morgan fingerprint density at radius 3 is 2.58 bits per heavy atom. The number of halogens is 1. The van der Waals surface area contributed by atoms with Crippen molar-refractivity contribution in [2.24, 2.45) is 0 Å². The van der Waals surface area contributed by atoms with E-state index in [1.807, 2.05) is 6.92 Å². The third kappa shape index (κ3) is 5.02. The van der Waals surface area contributed by atoms with Crippen molar-refractivity contribution in [1.82, 2.24) is 14.7 Å². The van der Waals surface area contributed by atoms with Gasteiger partial charge in [0.25, 0.3) is 5.91 Å². The number of carbonyl (C=O) groups is 1. The van der Waals surface area contributed by atoms with Gasteiger partial charge < -0.3 is 14.5 Å². The monoisotopic (exact) mass is 483 g/mol. The van der Waals surface area contributed by atoms with Crippen LogP contribution in [0.3, 0.4) is 0 Å². The summed E-state index contributed by atoms with van der Waals surface area (Å²) in [6.45, 7) is 2.74. The van der Waals surface area contributed by atoms with Crippen LogP contribution in [0, 0.1) is 0 Å². The number of aromatic nitrogens is 2. The molecule has 170 valence electrons. The number of pyridine rings is 1. The number of fused-ring (bicyclic) bond motifs is 1. The van der Waals surface area contributed by atoms with Crippen molar-refractivity contribution in [3.8, 4) is 5.75 Å². The van der Waals surface area contributed by atoms with Gasteiger partial charge in [-0.2, -0.15) is 0 Å². The third-order valence-electron chi connectivity index (χ3n) is 5.01. The predicted molar refractivity (Wildman–Crippen MR) is 125 cm³/mol. The smallest absolute Gasteiger partial charge is 0.253 e. The van der Waals surface area contributed by atoms with Crippen molar-refractivity contribution in [1.29, 1.82) is 0 Å². The van der Waals surface area contributed by atoms with E-state index in [-0.39, 0.29) is 27.3 Å². The van der Waals surface area contributed by atoms with Crippen molar-refractivity contribution < 1.29 is 17.9 Å². The fraction of sp³-hybridized carbons (Fsp3) is 0.167. The molecule has 2 heterocycles. The second kappa shape index (κ2) is 9.64. The minimum absolute atomic E-state index is 0.0901. The molecule has 33 heavy (non-hydrogen) atoms. The van der Waals surface area contributed by atoms with E-state index in [9.17, 15) is 13.2 Å². The number of amides is 1. The molecule has 0 aliphatic rings. The Morgan fingerprint density at radius 2 is 1.85 bits per heavy atom. The molecular formula is C24H22ClN3O4S. The lowest BCUT2D eigenvalue weighted by atomic mass is 10.2. The maximum absolute atomic E-state index is 13.0. The van der Waals surface area contributed by atoms with Crippen LogP contribution in [0.4, 0.5) is 0 Å². The van der Waals surface area contributed by atoms with Gasteiger partial charge in [-0.3, -0.25) is 4.79 Å². The molecule has 0 aliphatic heterocycles. The highest BCUT2D eigenvalue weighted by Crippen LogP contribution is 2.30. The Morgan fingerprint density at radius 1 is 1.09 bits per heavy atom. The van der Waals surface area contributed by atoms with Gasteiger partial charge in [0.1, 0.15) is 11.4 Å². The molecule has 1 amide bonds. The number of ether oxygens (including phenoxy) is 1. The van der Waals surface area contributed by atoms with Crippen LogP contribution in [-0.2, 0) is 16.4 Å². The highest BCUT2D eigenvalue weighted by Gasteiger charge is 2.19. The van der Waals surface area contributed by atoms with Gasteiger partial charge >= 0.3 is 0 Å². The molecule has 0 radical (unpaired) electrons. The molecule has 0 unspecified atom stereocenters. The molecule has 9 heteroatoms. The van der Waals surface area contributed by atoms with Gasteiger partial charge in [-0.15, -0.1) is 0 Å². The Labute approximate surface area is 196 Å². The largest absolute Gasteiger partial charge is 0.492 e. The number of nitrogens with zero attached hydrogens (tertiary/aromatic N) is 2. The van der Waals surface area contributed by atoms with Gasteiger partial charge in [0.2, 0.25) is 9.84 Å². The molecule has 0 bridgehead atoms. The number of hydrogen-bond acceptors (Lipinski definition) is 5. The molecule has 0 spiro atoms. The number of carbonyl (C=O) groups excluding carboxylic acids is 1. The molecule has 4 rings (SSSR count). The summed E-state index contributed by atoms with van der Waals surface area (Å²) in [5.74, 6) is 0.220. The molecule has 0 saturated carbocycles. The first-order valence-electron chi connectivity index (χ1n) is 10.4. The first-order chi connectivity index (χ1) is 15.9. The normalized spacial score (nSPS) is 11.5. The number of nitrogens with one attached hydrogen (secondary N) is 1. The van der Waals surface area contributed by atoms with Gasteiger partial charge in [-0.1, -0.05) is 30.7 Å². The van der Waals surface area contributed by atoms with Crippen molar-refractivity contribution in [3.63, 3.8) is 0 Å². The van der Waals surface area contributed by atoms with Gasteiger partial charge in [-0.05, 0) is 54.4 Å². The first kappa shape index (κ1) is 22.8. The molecular weight excluding hydrogens is 462 g/mol. The number of benzene rings is 2. The zero-order valence-electron chi connectivity index (χ0n) is 17.9. The van der Waals surface area contributed by atoms with Gasteiger partial charge in [0.15, 0.2) is 0 Å². The summed E-state index contributed by atoms with van der Waals surface area (Å²) in [7, 11) is -3.74. The zero-order chi connectivity index (χ0) is 23.4. The van der Waals surface area contributed by atoms with Crippen molar-refractivity contribution in [2.75, 3.05) is 6.61 Å². The molecule has 0 saturated heterocycles. The van der Waals surface area contributed by atoms with E-state index < -0.39 is 9.84 Å². The Hall–Kier alpha value is -3.36. The number of rotatable bonds is 8.